The summed E-state index contributed by atoms with van der Waals surface area (Å²) in [6.45, 7) is 2.54. The van der Waals surface area contributed by atoms with Gasteiger partial charge in [0.15, 0.2) is 0 Å². The number of carbonyl (C=O) groups is 2. The van der Waals surface area contributed by atoms with Crippen molar-refractivity contribution in [1.82, 2.24) is 4.90 Å². The maximum Gasteiger partial charge on any atom is 0.278 e. The van der Waals surface area contributed by atoms with Crippen LogP contribution < -0.4 is 9.64 Å². The third-order valence-corrected chi connectivity index (χ3v) is 5.43. The van der Waals surface area contributed by atoms with Crippen LogP contribution in [-0.4, -0.2) is 30.4 Å². The molecule has 162 valence electrons. The molecule has 0 N–H and O–H groups in total. The minimum atomic E-state index is -0.404. The predicted octanol–water partition coefficient (Wildman–Crippen LogP) is 4.64. The van der Waals surface area contributed by atoms with Gasteiger partial charge in [-0.05, 0) is 54.4 Å². The van der Waals surface area contributed by atoms with Gasteiger partial charge < -0.3 is 9.64 Å². The van der Waals surface area contributed by atoms with Crippen LogP contribution in [0, 0.1) is 5.82 Å². The number of ether oxygens (including phenoxy) is 1. The van der Waals surface area contributed by atoms with Gasteiger partial charge in [0.1, 0.15) is 17.3 Å². The number of para-hydroxylation sites is 1. The summed E-state index contributed by atoms with van der Waals surface area (Å²) in [6.07, 6.45) is 0. The van der Waals surface area contributed by atoms with E-state index in [1.165, 1.54) is 29.2 Å². The number of hydrogen-bond acceptors (Lipinski definition) is 4. The molecule has 1 aliphatic heterocycles. The van der Waals surface area contributed by atoms with Crippen molar-refractivity contribution in [3.63, 3.8) is 0 Å². The molecule has 6 heteroatoms. The molecule has 1 heterocycles. The van der Waals surface area contributed by atoms with E-state index < -0.39 is 11.7 Å². The molecular weight excluding hydrogens is 407 g/mol. The molecule has 5 nitrogen and oxygen atoms in total. The Bertz CT molecular complexity index is 1160. The van der Waals surface area contributed by atoms with Gasteiger partial charge in [0.05, 0.1) is 19.2 Å². The number of likely N-dealkylation sites (N-methyl/N-ethyl adjacent to an activating group) is 1. The van der Waals surface area contributed by atoms with E-state index in [2.05, 4.69) is 0 Å². The fourth-order valence-electron chi connectivity index (χ4n) is 3.83. The van der Waals surface area contributed by atoms with Crippen molar-refractivity contribution >= 4 is 23.1 Å². The molecule has 1 aliphatic rings. The van der Waals surface area contributed by atoms with Crippen LogP contribution in [0.4, 0.5) is 10.1 Å². The molecule has 0 radical (unpaired) electrons. The second-order valence-electron chi connectivity index (χ2n) is 7.35. The van der Waals surface area contributed by atoms with Crippen LogP contribution in [0.2, 0.25) is 0 Å². The van der Waals surface area contributed by atoms with Gasteiger partial charge in [-0.2, -0.15) is 0 Å². The van der Waals surface area contributed by atoms with Crippen LogP contribution in [0.25, 0.3) is 5.57 Å². The van der Waals surface area contributed by atoms with Crippen LogP contribution in [0.1, 0.15) is 18.1 Å². The summed E-state index contributed by atoms with van der Waals surface area (Å²) in [5, 5.41) is 0. The van der Waals surface area contributed by atoms with E-state index in [0.717, 1.165) is 11.3 Å². The van der Waals surface area contributed by atoms with E-state index in [9.17, 15) is 14.0 Å². The van der Waals surface area contributed by atoms with Crippen LogP contribution >= 0.6 is 0 Å². The maximum absolute atomic E-state index is 13.6. The lowest BCUT2D eigenvalue weighted by molar-refractivity contribution is -0.137. The van der Waals surface area contributed by atoms with Crippen LogP contribution in [-0.2, 0) is 16.1 Å². The van der Waals surface area contributed by atoms with Gasteiger partial charge in [-0.1, -0.05) is 42.5 Å². The standard InChI is InChI=1S/C26H23FN2O3/c1-3-28(21-7-5-4-6-8-21)24-23(19-11-13-20(27)14-12-19)25(30)29(26(24)31)17-18-9-15-22(32-2)16-10-18/h4-16H,3,17H2,1-2H3. The first-order chi connectivity index (χ1) is 15.5. The van der Waals surface area contributed by atoms with Crippen LogP contribution in [0.5, 0.6) is 5.75 Å². The number of amides is 2. The Hall–Kier alpha value is -3.93. The zero-order valence-electron chi connectivity index (χ0n) is 17.9. The average molecular weight is 430 g/mol. The molecule has 0 aromatic heterocycles. The smallest absolute Gasteiger partial charge is 0.278 e. The highest BCUT2D eigenvalue weighted by molar-refractivity contribution is 6.36. The van der Waals surface area contributed by atoms with E-state index in [4.69, 9.17) is 4.74 Å². The lowest BCUT2D eigenvalue weighted by Gasteiger charge is -2.25. The number of imide groups is 1. The molecular formula is C26H23FN2O3. The van der Waals surface area contributed by atoms with Crippen molar-refractivity contribution in [3.8, 4) is 5.75 Å². The first-order valence-electron chi connectivity index (χ1n) is 10.4. The SMILES string of the molecule is CCN(C1=C(c2ccc(F)cc2)C(=O)N(Cc2ccc(OC)cc2)C1=O)c1ccccc1. The zero-order valence-corrected chi connectivity index (χ0v) is 17.9. The summed E-state index contributed by atoms with van der Waals surface area (Å²) in [5.74, 6) is -0.490. The Morgan fingerprint density at radius 1 is 0.875 bits per heavy atom. The minimum Gasteiger partial charge on any atom is -0.497 e. The molecule has 0 bridgehead atoms. The lowest BCUT2D eigenvalue weighted by Crippen LogP contribution is -2.34. The summed E-state index contributed by atoms with van der Waals surface area (Å²) in [5.41, 5.74) is 2.68. The quantitative estimate of drug-likeness (QED) is 0.513. The zero-order chi connectivity index (χ0) is 22.7. The number of methoxy groups -OCH3 is 1. The Labute approximate surface area is 186 Å². The van der Waals surface area contributed by atoms with Crippen molar-refractivity contribution < 1.29 is 18.7 Å². The third-order valence-electron chi connectivity index (χ3n) is 5.43. The molecule has 0 fully saturated rings. The van der Waals surface area contributed by atoms with Gasteiger partial charge in [0.25, 0.3) is 11.8 Å². The number of nitrogens with zero attached hydrogens (tertiary/aromatic N) is 2. The second-order valence-corrected chi connectivity index (χ2v) is 7.35. The Balaban J connectivity index is 1.78. The van der Waals surface area contributed by atoms with E-state index in [0.29, 0.717) is 23.6 Å². The molecule has 0 atom stereocenters. The van der Waals surface area contributed by atoms with Crippen LogP contribution in [0.3, 0.4) is 0 Å². The molecule has 0 aliphatic carbocycles. The van der Waals surface area contributed by atoms with Gasteiger partial charge in [-0.3, -0.25) is 14.5 Å². The fraction of sp³-hybridized carbons (Fsp3) is 0.154. The topological polar surface area (TPSA) is 49.9 Å². The van der Waals surface area contributed by atoms with E-state index in [1.807, 2.05) is 54.3 Å². The van der Waals surface area contributed by atoms with Gasteiger partial charge in [-0.25, -0.2) is 4.39 Å². The van der Waals surface area contributed by atoms with Gasteiger partial charge in [0.2, 0.25) is 0 Å². The van der Waals surface area contributed by atoms with Gasteiger partial charge in [-0.15, -0.1) is 0 Å². The molecule has 0 saturated heterocycles. The highest BCUT2D eigenvalue weighted by Crippen LogP contribution is 2.35. The Morgan fingerprint density at radius 2 is 1.53 bits per heavy atom. The number of anilines is 1. The summed E-state index contributed by atoms with van der Waals surface area (Å²) in [6, 6.07) is 22.3. The summed E-state index contributed by atoms with van der Waals surface area (Å²) in [7, 11) is 1.58. The fourth-order valence-corrected chi connectivity index (χ4v) is 3.83. The van der Waals surface area contributed by atoms with Crippen molar-refractivity contribution in [1.29, 1.82) is 0 Å². The summed E-state index contributed by atoms with van der Waals surface area (Å²) >= 11 is 0. The van der Waals surface area contributed by atoms with Gasteiger partial charge in [0, 0.05) is 12.2 Å². The predicted molar refractivity (Wildman–Crippen MR) is 121 cm³/mol. The number of halogens is 1. The van der Waals surface area contributed by atoms with Crippen molar-refractivity contribution in [2.24, 2.45) is 0 Å². The molecule has 3 aromatic carbocycles. The Kier molecular flexibility index (Phi) is 6.03. The maximum atomic E-state index is 13.6. The largest absolute Gasteiger partial charge is 0.497 e. The van der Waals surface area contributed by atoms with E-state index in [1.54, 1.807) is 19.2 Å². The first kappa shape index (κ1) is 21.3. The number of carbonyl (C=O) groups excluding carboxylic acids is 2. The molecule has 0 unspecified atom stereocenters. The lowest BCUT2D eigenvalue weighted by atomic mass is 10.0. The summed E-state index contributed by atoms with van der Waals surface area (Å²) in [4.78, 5) is 30.1. The molecule has 3 aromatic rings. The molecule has 32 heavy (non-hydrogen) atoms. The van der Waals surface area contributed by atoms with E-state index in [-0.39, 0.29) is 18.0 Å². The van der Waals surface area contributed by atoms with Crippen molar-refractivity contribution in [2.75, 3.05) is 18.6 Å². The molecule has 0 saturated carbocycles. The summed E-state index contributed by atoms with van der Waals surface area (Å²) < 4.78 is 18.7. The highest BCUT2D eigenvalue weighted by atomic mass is 19.1. The normalized spacial score (nSPS) is 13.7. The minimum absolute atomic E-state index is 0.127. The van der Waals surface area contributed by atoms with E-state index >= 15 is 0 Å². The first-order valence-corrected chi connectivity index (χ1v) is 10.4. The van der Waals surface area contributed by atoms with Crippen molar-refractivity contribution in [3.05, 3.63) is 102 Å². The average Bonchev–Trinajstić information content (AvgIpc) is 3.06. The van der Waals surface area contributed by atoms with Crippen LogP contribution in [0.15, 0.2) is 84.6 Å². The van der Waals surface area contributed by atoms with Crippen molar-refractivity contribution in [2.45, 2.75) is 13.5 Å². The molecule has 2 amide bonds. The molecule has 0 spiro atoms. The Morgan fingerprint density at radius 3 is 2.12 bits per heavy atom. The number of rotatable bonds is 7. The number of hydrogen-bond donors (Lipinski definition) is 0. The molecule has 4 rings (SSSR count). The second kappa shape index (κ2) is 9.06. The highest BCUT2D eigenvalue weighted by Gasteiger charge is 2.41. The monoisotopic (exact) mass is 430 g/mol. The number of benzene rings is 3. The van der Waals surface area contributed by atoms with Gasteiger partial charge >= 0.3 is 0 Å². The third kappa shape index (κ3) is 3.99.